The molecule has 11 aromatic rings. The zero-order valence-electron chi connectivity index (χ0n) is 26.1. The number of benzene rings is 6. The second kappa shape index (κ2) is 10.1. The third-order valence-electron chi connectivity index (χ3n) is 9.44. The maximum Gasteiger partial charge on any atom is 0.266 e. The Morgan fingerprint density at radius 3 is 2.12 bits per heavy atom. The maximum absolute atomic E-state index is 13.8. The summed E-state index contributed by atoms with van der Waals surface area (Å²) in [5, 5.41) is 4.71. The van der Waals surface area contributed by atoms with Gasteiger partial charge >= 0.3 is 0 Å². The van der Waals surface area contributed by atoms with Crippen molar-refractivity contribution in [3.05, 3.63) is 144 Å². The first kappa shape index (κ1) is 27.3. The molecule has 0 amide bonds. The van der Waals surface area contributed by atoms with Crippen molar-refractivity contribution in [2.45, 2.75) is 0 Å². The Morgan fingerprint density at radius 2 is 1.24 bits per heavy atom. The standard InChI is InChI=1S/C41H22N6O2S/c48-39-28-14-6-9-17-34(28)50-41-42-36-31(47(39)41)21-20-30-35(36)27-13-4-7-15-29(27)46(30)40-44-37(23-10-2-1-3-11-23)43-38(45-40)24-18-19-26-25-12-5-8-16-32(25)49-33(26)22-24/h1-22H. The topological polar surface area (TPSA) is 91.1 Å². The van der Waals surface area contributed by atoms with E-state index in [1.165, 1.54) is 11.3 Å². The lowest BCUT2D eigenvalue weighted by molar-refractivity contribution is 0.669. The van der Waals surface area contributed by atoms with Gasteiger partial charge in [-0.05, 0) is 48.5 Å². The zero-order chi connectivity index (χ0) is 32.9. The van der Waals surface area contributed by atoms with Crippen LogP contribution in [0.3, 0.4) is 0 Å². The SMILES string of the molecule is O=c1c2ccccc2sc2nc3c4c5ccccc5n(-c5nc(-c6ccccc6)nc(-c6ccc7c(c6)oc6ccccc67)n5)c4ccc3n12. The molecule has 0 radical (unpaired) electrons. The Morgan fingerprint density at radius 1 is 0.540 bits per heavy atom. The van der Waals surface area contributed by atoms with Crippen LogP contribution in [0.25, 0.3) is 98.5 Å². The molecule has 0 N–H and O–H groups in total. The van der Waals surface area contributed by atoms with E-state index >= 15 is 0 Å². The van der Waals surface area contributed by atoms with Gasteiger partial charge in [0.1, 0.15) is 16.7 Å². The Balaban J connectivity index is 1.21. The van der Waals surface area contributed by atoms with Gasteiger partial charge in [0.25, 0.3) is 5.56 Å². The highest BCUT2D eigenvalue weighted by Crippen LogP contribution is 2.38. The van der Waals surface area contributed by atoms with E-state index in [2.05, 4.69) is 28.8 Å². The molecule has 0 bridgehead atoms. The fourth-order valence-corrected chi connectivity index (χ4v) is 8.20. The molecule has 0 unspecified atom stereocenters. The molecule has 0 fully saturated rings. The lowest BCUT2D eigenvalue weighted by Crippen LogP contribution is -2.11. The van der Waals surface area contributed by atoms with E-state index in [4.69, 9.17) is 24.4 Å². The van der Waals surface area contributed by atoms with Crippen LogP contribution in [0.2, 0.25) is 0 Å². The highest BCUT2D eigenvalue weighted by Gasteiger charge is 2.22. The highest BCUT2D eigenvalue weighted by molar-refractivity contribution is 7.23. The molecular formula is C41H22N6O2S. The van der Waals surface area contributed by atoms with Crippen LogP contribution in [0.5, 0.6) is 0 Å². The monoisotopic (exact) mass is 662 g/mol. The minimum atomic E-state index is -0.0732. The molecule has 0 aliphatic heterocycles. The molecule has 8 nitrogen and oxygen atoms in total. The summed E-state index contributed by atoms with van der Waals surface area (Å²) in [7, 11) is 0. The Labute approximate surface area is 286 Å². The number of aromatic nitrogens is 6. The van der Waals surface area contributed by atoms with Gasteiger partial charge in [-0.25, -0.2) is 14.4 Å². The summed E-state index contributed by atoms with van der Waals surface area (Å²) in [5.41, 5.74) is 6.56. The summed E-state index contributed by atoms with van der Waals surface area (Å²) in [6.07, 6.45) is 0. The molecule has 5 heterocycles. The van der Waals surface area contributed by atoms with Crippen LogP contribution in [-0.2, 0) is 0 Å². The normalized spacial score (nSPS) is 12.1. The van der Waals surface area contributed by atoms with Crippen LogP contribution < -0.4 is 5.56 Å². The molecule has 5 aromatic heterocycles. The summed E-state index contributed by atoms with van der Waals surface area (Å²) >= 11 is 1.51. The first-order valence-corrected chi connectivity index (χ1v) is 17.0. The largest absolute Gasteiger partial charge is 0.456 e. The molecule has 9 heteroatoms. The number of nitrogens with zero attached hydrogens (tertiary/aromatic N) is 6. The fourth-order valence-electron chi connectivity index (χ4n) is 7.18. The molecule has 0 spiro atoms. The minimum absolute atomic E-state index is 0.0732. The van der Waals surface area contributed by atoms with Gasteiger partial charge < -0.3 is 4.42 Å². The Hall–Kier alpha value is -6.71. The molecule has 0 saturated heterocycles. The number of rotatable bonds is 3. The summed E-state index contributed by atoms with van der Waals surface area (Å²) in [6.45, 7) is 0. The first-order chi connectivity index (χ1) is 24.7. The van der Waals surface area contributed by atoms with Crippen molar-refractivity contribution in [1.82, 2.24) is 28.9 Å². The molecule has 234 valence electrons. The molecule has 0 atom stereocenters. The van der Waals surface area contributed by atoms with Gasteiger partial charge in [0, 0.05) is 37.4 Å². The summed E-state index contributed by atoms with van der Waals surface area (Å²) < 4.78 is 11.0. The van der Waals surface area contributed by atoms with Crippen LogP contribution in [0.4, 0.5) is 0 Å². The number of para-hydroxylation sites is 2. The quantitative estimate of drug-likeness (QED) is 0.187. The van der Waals surface area contributed by atoms with Crippen molar-refractivity contribution >= 4 is 81.2 Å². The first-order valence-electron chi connectivity index (χ1n) is 16.2. The average Bonchev–Trinajstić information content (AvgIpc) is 3.84. The van der Waals surface area contributed by atoms with Crippen LogP contribution in [0.15, 0.2) is 143 Å². The van der Waals surface area contributed by atoms with Crippen LogP contribution in [0.1, 0.15) is 0 Å². The predicted molar refractivity (Wildman–Crippen MR) is 200 cm³/mol. The zero-order valence-corrected chi connectivity index (χ0v) is 26.9. The number of hydrogen-bond donors (Lipinski definition) is 0. The predicted octanol–water partition coefficient (Wildman–Crippen LogP) is 9.58. The molecular weight excluding hydrogens is 641 g/mol. The van der Waals surface area contributed by atoms with E-state index < -0.39 is 0 Å². The number of hydrogen-bond acceptors (Lipinski definition) is 7. The lowest BCUT2D eigenvalue weighted by atomic mass is 10.1. The van der Waals surface area contributed by atoms with Gasteiger partial charge in [0.2, 0.25) is 5.95 Å². The summed E-state index contributed by atoms with van der Waals surface area (Å²) in [5.74, 6) is 1.56. The van der Waals surface area contributed by atoms with Gasteiger partial charge in [0.05, 0.1) is 21.9 Å². The van der Waals surface area contributed by atoms with Crippen LogP contribution >= 0.6 is 11.3 Å². The smallest absolute Gasteiger partial charge is 0.266 e. The van der Waals surface area contributed by atoms with Crippen molar-refractivity contribution in [3.63, 3.8) is 0 Å². The molecule has 0 aliphatic carbocycles. The van der Waals surface area contributed by atoms with Gasteiger partial charge in [-0.2, -0.15) is 9.97 Å². The van der Waals surface area contributed by atoms with E-state index in [9.17, 15) is 4.79 Å². The third kappa shape index (κ3) is 3.83. The Kier molecular flexibility index (Phi) is 5.53. The summed E-state index contributed by atoms with van der Waals surface area (Å²) in [4.78, 5) is 34.7. The van der Waals surface area contributed by atoms with Gasteiger partial charge in [-0.1, -0.05) is 96.3 Å². The van der Waals surface area contributed by atoms with Crippen LogP contribution in [0, 0.1) is 0 Å². The fraction of sp³-hybridized carbons (Fsp3) is 0. The molecule has 0 aliphatic rings. The lowest BCUT2D eigenvalue weighted by Gasteiger charge is -2.11. The summed E-state index contributed by atoms with van der Waals surface area (Å²) in [6, 6.07) is 44.0. The average molecular weight is 663 g/mol. The van der Waals surface area contributed by atoms with Gasteiger partial charge in [0.15, 0.2) is 16.6 Å². The Bertz CT molecular complexity index is 3250. The maximum atomic E-state index is 13.8. The third-order valence-corrected chi connectivity index (χ3v) is 10.5. The highest BCUT2D eigenvalue weighted by atomic mass is 32.1. The van der Waals surface area contributed by atoms with Gasteiger partial charge in [-0.15, -0.1) is 0 Å². The molecule has 11 rings (SSSR count). The number of furan rings is 1. The molecule has 6 aromatic carbocycles. The van der Waals surface area contributed by atoms with E-state index in [1.807, 2.05) is 109 Å². The van der Waals surface area contributed by atoms with E-state index in [-0.39, 0.29) is 5.56 Å². The van der Waals surface area contributed by atoms with E-state index in [0.717, 1.165) is 70.6 Å². The number of fused-ring (bicyclic) bond motifs is 11. The van der Waals surface area contributed by atoms with Crippen molar-refractivity contribution in [2.75, 3.05) is 0 Å². The van der Waals surface area contributed by atoms with Crippen molar-refractivity contribution in [2.24, 2.45) is 0 Å². The van der Waals surface area contributed by atoms with Gasteiger partial charge in [-0.3, -0.25) is 9.36 Å². The molecule has 50 heavy (non-hydrogen) atoms. The molecule has 0 saturated carbocycles. The second-order valence-corrected chi connectivity index (χ2v) is 13.3. The van der Waals surface area contributed by atoms with Crippen molar-refractivity contribution < 1.29 is 4.42 Å². The minimum Gasteiger partial charge on any atom is -0.456 e. The van der Waals surface area contributed by atoms with Crippen molar-refractivity contribution in [1.29, 1.82) is 0 Å². The second-order valence-electron chi connectivity index (χ2n) is 12.3. The van der Waals surface area contributed by atoms with E-state index in [0.29, 0.717) is 27.9 Å². The van der Waals surface area contributed by atoms with Crippen LogP contribution in [-0.4, -0.2) is 28.9 Å². The van der Waals surface area contributed by atoms with E-state index in [1.54, 1.807) is 4.40 Å². The number of imidazole rings is 1. The van der Waals surface area contributed by atoms with Crippen molar-refractivity contribution in [3.8, 4) is 28.7 Å².